The molecule has 0 aliphatic carbocycles. The van der Waals surface area contributed by atoms with Crippen molar-refractivity contribution in [2.75, 3.05) is 25.1 Å². The number of rotatable bonds is 11. The summed E-state index contributed by atoms with van der Waals surface area (Å²) in [5, 5.41) is 8.35. The van der Waals surface area contributed by atoms with Gasteiger partial charge in [0.2, 0.25) is 0 Å². The number of hydrazone groups is 1. The molecule has 3 amide bonds. The zero-order valence-electron chi connectivity index (χ0n) is 20.0. The van der Waals surface area contributed by atoms with Crippen molar-refractivity contribution in [3.8, 4) is 5.75 Å². The van der Waals surface area contributed by atoms with E-state index in [1.807, 2.05) is 13.8 Å². The average Bonchev–Trinajstić information content (AvgIpc) is 2.83. The lowest BCUT2D eigenvalue weighted by molar-refractivity contribution is -0.139. The number of ether oxygens (including phenoxy) is 2. The molecule has 0 atom stereocenters. The van der Waals surface area contributed by atoms with E-state index in [0.717, 1.165) is 12.1 Å². The molecule has 0 heterocycles. The quantitative estimate of drug-likeness (QED) is 0.160. The third kappa shape index (κ3) is 11.0. The van der Waals surface area contributed by atoms with Crippen molar-refractivity contribution in [3.63, 3.8) is 0 Å². The first kappa shape index (κ1) is 29.8. The van der Waals surface area contributed by atoms with Crippen LogP contribution in [0.5, 0.6) is 5.75 Å². The molecule has 37 heavy (non-hydrogen) atoms. The maximum atomic E-state index is 13.2. The molecular weight excluding hydrogens is 561 g/mol. The molecule has 9 nitrogen and oxygen atoms in total. The summed E-state index contributed by atoms with van der Waals surface area (Å²) in [5.74, 6) is -2.24. The molecule has 0 spiro atoms. The third-order valence-electron chi connectivity index (χ3n) is 4.45. The van der Waals surface area contributed by atoms with Gasteiger partial charge in [-0.05, 0) is 68.3 Å². The number of hydrogen-bond donors (Lipinski definition) is 3. The van der Waals surface area contributed by atoms with Crippen molar-refractivity contribution in [1.29, 1.82) is 0 Å². The average molecular weight is 587 g/mol. The maximum Gasteiger partial charge on any atom is 0.418 e. The topological polar surface area (TPSA) is 118 Å². The number of benzene rings is 2. The highest BCUT2D eigenvalue weighted by molar-refractivity contribution is 9.10. The van der Waals surface area contributed by atoms with Gasteiger partial charge in [0.1, 0.15) is 5.75 Å². The highest BCUT2D eigenvalue weighted by atomic mass is 79.9. The first-order chi connectivity index (χ1) is 17.5. The highest BCUT2D eigenvalue weighted by Crippen LogP contribution is 2.36. The van der Waals surface area contributed by atoms with Gasteiger partial charge in [-0.3, -0.25) is 14.4 Å². The Hall–Kier alpha value is -3.45. The second-order valence-electron chi connectivity index (χ2n) is 7.82. The van der Waals surface area contributed by atoms with Gasteiger partial charge in [0, 0.05) is 17.6 Å². The standard InChI is InChI=1S/C24H26BrF3N4O5/c1-15(2)36-11-3-10-29-22(34)23(35)32-30-13-16-4-7-18(8-5-16)37-14-21(33)31-20-9-6-17(25)12-19(20)24(26,27)28/h4-9,12-13,15H,3,10-11,14H2,1-2H3,(H,29,34)(H,31,33)(H,32,35)/b30-13-. The van der Waals surface area contributed by atoms with Crippen LogP contribution in [0.3, 0.4) is 0 Å². The van der Waals surface area contributed by atoms with Crippen LogP contribution in [0.1, 0.15) is 31.4 Å². The molecule has 0 saturated carbocycles. The lowest BCUT2D eigenvalue weighted by Crippen LogP contribution is -2.38. The minimum Gasteiger partial charge on any atom is -0.484 e. The SMILES string of the molecule is CC(C)OCCCNC(=O)C(=O)N/N=C\c1ccc(OCC(=O)Nc2ccc(Br)cc2C(F)(F)F)cc1. The molecule has 0 unspecified atom stereocenters. The zero-order valence-corrected chi connectivity index (χ0v) is 21.6. The number of carbonyl (C=O) groups excluding carboxylic acids is 3. The van der Waals surface area contributed by atoms with E-state index in [2.05, 4.69) is 37.1 Å². The first-order valence-electron chi connectivity index (χ1n) is 11.1. The molecule has 13 heteroatoms. The predicted octanol–water partition coefficient (Wildman–Crippen LogP) is 3.87. The number of nitrogens with one attached hydrogen (secondary N) is 3. The van der Waals surface area contributed by atoms with Crippen molar-refractivity contribution < 1.29 is 37.0 Å². The van der Waals surface area contributed by atoms with E-state index in [0.29, 0.717) is 18.6 Å². The first-order valence-corrected chi connectivity index (χ1v) is 11.9. The number of hydrogen-bond acceptors (Lipinski definition) is 6. The Morgan fingerprint density at radius 3 is 2.43 bits per heavy atom. The number of anilines is 1. The molecule has 0 saturated heterocycles. The van der Waals surface area contributed by atoms with Gasteiger partial charge in [0.15, 0.2) is 6.61 Å². The van der Waals surface area contributed by atoms with Gasteiger partial charge in [-0.1, -0.05) is 15.9 Å². The summed E-state index contributed by atoms with van der Waals surface area (Å²) in [6, 6.07) is 9.53. The monoisotopic (exact) mass is 586 g/mol. The lowest BCUT2D eigenvalue weighted by Gasteiger charge is -2.14. The molecule has 0 aromatic heterocycles. The number of carbonyl (C=O) groups is 3. The van der Waals surface area contributed by atoms with E-state index in [4.69, 9.17) is 9.47 Å². The number of halogens is 4. The summed E-state index contributed by atoms with van der Waals surface area (Å²) in [6.45, 7) is 4.03. The van der Waals surface area contributed by atoms with Gasteiger partial charge in [-0.25, -0.2) is 5.43 Å². The van der Waals surface area contributed by atoms with Crippen molar-refractivity contribution >= 4 is 45.6 Å². The van der Waals surface area contributed by atoms with Crippen LogP contribution in [0.15, 0.2) is 52.0 Å². The summed E-state index contributed by atoms with van der Waals surface area (Å²) >= 11 is 2.98. The van der Waals surface area contributed by atoms with E-state index in [9.17, 15) is 27.6 Å². The Labute approximate surface area is 219 Å². The van der Waals surface area contributed by atoms with Crippen molar-refractivity contribution in [1.82, 2.24) is 10.7 Å². The lowest BCUT2D eigenvalue weighted by atomic mass is 10.1. The summed E-state index contributed by atoms with van der Waals surface area (Å²) in [4.78, 5) is 35.5. The fourth-order valence-electron chi connectivity index (χ4n) is 2.73. The molecule has 0 aliphatic rings. The van der Waals surface area contributed by atoms with E-state index in [1.165, 1.54) is 24.4 Å². The number of amides is 3. The Morgan fingerprint density at radius 2 is 1.78 bits per heavy atom. The second kappa shape index (κ2) is 14.3. The van der Waals surface area contributed by atoms with Gasteiger partial charge in [-0.2, -0.15) is 18.3 Å². The van der Waals surface area contributed by atoms with Crippen LogP contribution in [0.4, 0.5) is 18.9 Å². The van der Waals surface area contributed by atoms with Crippen molar-refractivity contribution in [2.45, 2.75) is 32.5 Å². The van der Waals surface area contributed by atoms with Crippen LogP contribution in [-0.4, -0.2) is 49.8 Å². The highest BCUT2D eigenvalue weighted by Gasteiger charge is 2.34. The van der Waals surface area contributed by atoms with E-state index < -0.39 is 36.1 Å². The van der Waals surface area contributed by atoms with Crippen LogP contribution in [0.25, 0.3) is 0 Å². The van der Waals surface area contributed by atoms with Crippen molar-refractivity contribution in [3.05, 3.63) is 58.1 Å². The number of nitrogens with zero attached hydrogens (tertiary/aromatic N) is 1. The van der Waals surface area contributed by atoms with Crippen LogP contribution in [0, 0.1) is 0 Å². The van der Waals surface area contributed by atoms with Crippen molar-refractivity contribution in [2.24, 2.45) is 5.10 Å². The summed E-state index contributed by atoms with van der Waals surface area (Å²) in [5.41, 5.74) is 1.29. The molecular formula is C24H26BrF3N4O5. The molecule has 200 valence electrons. The normalized spacial score (nSPS) is 11.4. The summed E-state index contributed by atoms with van der Waals surface area (Å²) in [7, 11) is 0. The molecule has 2 rings (SSSR count). The molecule has 2 aromatic carbocycles. The fraction of sp³-hybridized carbons (Fsp3) is 0.333. The fourth-order valence-corrected chi connectivity index (χ4v) is 3.10. The summed E-state index contributed by atoms with van der Waals surface area (Å²) in [6.07, 6.45) is -2.69. The van der Waals surface area contributed by atoms with Crippen LogP contribution in [-0.2, 0) is 25.3 Å². The van der Waals surface area contributed by atoms with E-state index in [-0.39, 0.29) is 28.6 Å². The molecule has 3 N–H and O–H groups in total. The van der Waals surface area contributed by atoms with Gasteiger partial charge in [0.05, 0.1) is 23.6 Å². The Kier molecular flexibility index (Phi) is 11.5. The predicted molar refractivity (Wildman–Crippen MR) is 134 cm³/mol. The Balaban J connectivity index is 1.77. The molecule has 0 aliphatic heterocycles. The second-order valence-corrected chi connectivity index (χ2v) is 8.74. The largest absolute Gasteiger partial charge is 0.484 e. The van der Waals surface area contributed by atoms with E-state index >= 15 is 0 Å². The Morgan fingerprint density at radius 1 is 1.08 bits per heavy atom. The molecule has 0 bridgehead atoms. The molecule has 0 radical (unpaired) electrons. The zero-order chi connectivity index (χ0) is 27.4. The minimum absolute atomic E-state index is 0.0892. The molecule has 2 aromatic rings. The van der Waals surface area contributed by atoms with Gasteiger partial charge in [-0.15, -0.1) is 0 Å². The smallest absolute Gasteiger partial charge is 0.418 e. The van der Waals surface area contributed by atoms with Gasteiger partial charge in [0.25, 0.3) is 5.91 Å². The molecule has 0 fully saturated rings. The van der Waals surface area contributed by atoms with E-state index in [1.54, 1.807) is 12.1 Å². The third-order valence-corrected chi connectivity index (χ3v) is 4.95. The van der Waals surface area contributed by atoms with Crippen LogP contribution < -0.4 is 20.8 Å². The van der Waals surface area contributed by atoms with Gasteiger partial charge < -0.3 is 20.1 Å². The minimum atomic E-state index is -4.64. The van der Waals surface area contributed by atoms with Crippen LogP contribution >= 0.6 is 15.9 Å². The maximum absolute atomic E-state index is 13.2. The number of alkyl halides is 3. The summed E-state index contributed by atoms with van der Waals surface area (Å²) < 4.78 is 50.4. The Bertz CT molecular complexity index is 1110. The van der Waals surface area contributed by atoms with Gasteiger partial charge >= 0.3 is 18.0 Å². The van der Waals surface area contributed by atoms with Crippen LogP contribution in [0.2, 0.25) is 0 Å².